The molecule has 0 heterocycles. The number of hydrogen-bond donors (Lipinski definition) is 1. The second-order valence-electron chi connectivity index (χ2n) is 7.77. The number of ether oxygens (including phenoxy) is 1. The van der Waals surface area contributed by atoms with E-state index in [0.29, 0.717) is 11.9 Å². The molecule has 4 rings (SSSR count). The van der Waals surface area contributed by atoms with Gasteiger partial charge in [-0.05, 0) is 60.5 Å². The zero-order valence-electron chi connectivity index (χ0n) is 18.7. The summed E-state index contributed by atoms with van der Waals surface area (Å²) < 4.78 is 5.53. The molecular weight excluding hydrogens is 447 g/mol. The fourth-order valence-corrected chi connectivity index (χ4v) is 8.55. The van der Waals surface area contributed by atoms with Crippen molar-refractivity contribution in [1.29, 1.82) is 0 Å². The van der Waals surface area contributed by atoms with Crippen molar-refractivity contribution in [3.05, 3.63) is 127 Å². The molecule has 4 aromatic carbocycles. The first-order valence-electron chi connectivity index (χ1n) is 10.7. The van der Waals surface area contributed by atoms with Crippen LogP contribution in [0.1, 0.15) is 11.1 Å². The van der Waals surface area contributed by atoms with E-state index in [1.54, 1.807) is 7.11 Å². The van der Waals surface area contributed by atoms with Crippen LogP contribution in [0.15, 0.2) is 116 Å². The second-order valence-corrected chi connectivity index (χ2v) is 11.3. The average molecular weight is 475 g/mol. The molecule has 0 aliphatic heterocycles. The normalized spacial score (nSPS) is 10.8. The number of hydrogen-bond acceptors (Lipinski definition) is 2. The number of halogens is 1. The van der Waals surface area contributed by atoms with Crippen molar-refractivity contribution in [2.75, 3.05) is 7.11 Å². The molecular formula is C29H28ClO2P. The zero-order valence-corrected chi connectivity index (χ0v) is 20.3. The van der Waals surface area contributed by atoms with Crippen LogP contribution in [0, 0.1) is 0 Å². The van der Waals surface area contributed by atoms with Crippen molar-refractivity contribution in [3.8, 4) is 11.5 Å². The van der Waals surface area contributed by atoms with E-state index in [4.69, 9.17) is 4.74 Å². The van der Waals surface area contributed by atoms with Gasteiger partial charge in [-0.25, -0.2) is 0 Å². The van der Waals surface area contributed by atoms with Crippen LogP contribution in [0.4, 0.5) is 0 Å². The van der Waals surface area contributed by atoms with Crippen LogP contribution in [0.2, 0.25) is 0 Å². The first-order chi connectivity index (χ1) is 15.7. The van der Waals surface area contributed by atoms with Gasteiger partial charge in [-0.3, -0.25) is 0 Å². The predicted octanol–water partition coefficient (Wildman–Crippen LogP) is 2.63. The number of aromatic hydroxyl groups is 1. The van der Waals surface area contributed by atoms with Crippen molar-refractivity contribution in [2.24, 2.45) is 0 Å². The third kappa shape index (κ3) is 4.98. The summed E-state index contributed by atoms with van der Waals surface area (Å²) in [4.78, 5) is 0. The van der Waals surface area contributed by atoms with Crippen molar-refractivity contribution in [1.82, 2.24) is 0 Å². The maximum absolute atomic E-state index is 11.2. The summed E-state index contributed by atoms with van der Waals surface area (Å²) in [5.41, 5.74) is 1.98. The number of phenolic OH excluding ortho intramolecular Hbond substituents is 1. The van der Waals surface area contributed by atoms with Crippen LogP contribution in [-0.2, 0) is 12.6 Å². The Hall–Kier alpha value is -3.06. The molecule has 0 unspecified atom stereocenters. The standard InChI is InChI=1S/C29H27O2P.ClH/c1-3-13-23-20-24(29(30)28(21-23)31-2)22-32(25-14-7-4-8-15-25,26-16-9-5-10-17-26)27-18-11-6-12-19-27;/h3-12,14-21H,1,13,22H2,2H3;1H. The lowest BCUT2D eigenvalue weighted by atomic mass is 10.1. The highest BCUT2D eigenvalue weighted by Gasteiger charge is 2.46. The third-order valence-corrected chi connectivity index (χ3v) is 10.2. The Balaban J connectivity index is 0.00000306. The highest BCUT2D eigenvalue weighted by molar-refractivity contribution is 7.95. The van der Waals surface area contributed by atoms with Crippen LogP contribution in [0.25, 0.3) is 0 Å². The minimum atomic E-state index is -2.11. The Morgan fingerprint density at radius 3 is 1.64 bits per heavy atom. The van der Waals surface area contributed by atoms with Crippen LogP contribution < -0.4 is 33.1 Å². The summed E-state index contributed by atoms with van der Waals surface area (Å²) in [6.07, 6.45) is 3.29. The van der Waals surface area contributed by atoms with E-state index in [2.05, 4.69) is 104 Å². The van der Waals surface area contributed by atoms with Crippen LogP contribution >= 0.6 is 7.26 Å². The number of allylic oxidation sites excluding steroid dienone is 1. The van der Waals surface area contributed by atoms with Gasteiger partial charge in [-0.1, -0.05) is 60.7 Å². The summed E-state index contributed by atoms with van der Waals surface area (Å²) in [5, 5.41) is 15.0. The molecule has 4 heteroatoms. The molecule has 33 heavy (non-hydrogen) atoms. The number of phenols is 1. The Morgan fingerprint density at radius 2 is 1.24 bits per heavy atom. The first kappa shape index (κ1) is 24.6. The molecule has 0 bridgehead atoms. The van der Waals surface area contributed by atoms with Gasteiger partial charge in [0.05, 0.1) is 7.11 Å². The Bertz CT molecular complexity index is 1080. The topological polar surface area (TPSA) is 29.5 Å². The van der Waals surface area contributed by atoms with Crippen molar-refractivity contribution >= 4 is 23.2 Å². The fraction of sp³-hybridized carbons (Fsp3) is 0.103. The van der Waals surface area contributed by atoms with Gasteiger partial charge >= 0.3 is 0 Å². The lowest BCUT2D eigenvalue weighted by Gasteiger charge is -2.28. The van der Waals surface area contributed by atoms with Gasteiger partial charge in [0.1, 0.15) is 29.3 Å². The van der Waals surface area contributed by atoms with Crippen molar-refractivity contribution in [2.45, 2.75) is 12.6 Å². The van der Waals surface area contributed by atoms with Gasteiger partial charge in [0.15, 0.2) is 11.5 Å². The molecule has 168 valence electrons. The minimum absolute atomic E-state index is 0. The summed E-state index contributed by atoms with van der Waals surface area (Å²) in [6.45, 7) is 3.88. The van der Waals surface area contributed by atoms with Gasteiger partial charge in [0.25, 0.3) is 0 Å². The van der Waals surface area contributed by atoms with Gasteiger partial charge < -0.3 is 22.3 Å². The van der Waals surface area contributed by atoms with Crippen molar-refractivity contribution < 1.29 is 22.3 Å². The highest BCUT2D eigenvalue weighted by Crippen LogP contribution is 2.59. The predicted molar refractivity (Wildman–Crippen MR) is 137 cm³/mol. The lowest BCUT2D eigenvalue weighted by Crippen LogP contribution is -3.00. The summed E-state index contributed by atoms with van der Waals surface area (Å²) in [7, 11) is -0.511. The summed E-state index contributed by atoms with van der Waals surface area (Å²) >= 11 is 0. The minimum Gasteiger partial charge on any atom is -1.00 e. The molecule has 0 fully saturated rings. The molecule has 0 amide bonds. The zero-order chi connectivity index (χ0) is 22.4. The fourth-order valence-electron chi connectivity index (χ4n) is 4.31. The van der Waals surface area contributed by atoms with Gasteiger partial charge in [-0.2, -0.15) is 0 Å². The van der Waals surface area contributed by atoms with Crippen molar-refractivity contribution in [3.63, 3.8) is 0 Å². The lowest BCUT2D eigenvalue weighted by molar-refractivity contribution is -0.00000741. The maximum atomic E-state index is 11.2. The summed E-state index contributed by atoms with van der Waals surface area (Å²) in [5.74, 6) is 0.721. The third-order valence-electron chi connectivity index (χ3n) is 5.81. The van der Waals surface area contributed by atoms with E-state index in [1.807, 2.05) is 12.1 Å². The number of benzene rings is 4. The van der Waals surface area contributed by atoms with Gasteiger partial charge in [0.2, 0.25) is 0 Å². The van der Waals surface area contributed by atoms with E-state index < -0.39 is 7.26 Å². The second kappa shape index (κ2) is 11.2. The van der Waals surface area contributed by atoms with E-state index >= 15 is 0 Å². The number of methoxy groups -OCH3 is 1. The quantitative estimate of drug-likeness (QED) is 0.314. The van der Waals surface area contributed by atoms with Crippen LogP contribution in [0.3, 0.4) is 0 Å². The van der Waals surface area contributed by atoms with E-state index in [1.165, 1.54) is 15.9 Å². The van der Waals surface area contributed by atoms with Crippen LogP contribution in [-0.4, -0.2) is 12.2 Å². The van der Waals surface area contributed by atoms with Gasteiger partial charge in [0, 0.05) is 5.56 Å². The molecule has 0 atom stereocenters. The molecule has 0 saturated carbocycles. The smallest absolute Gasteiger partial charge is 0.164 e. The molecule has 0 radical (unpaired) electrons. The molecule has 1 N–H and O–H groups in total. The molecule has 0 saturated heterocycles. The van der Waals surface area contributed by atoms with E-state index in [9.17, 15) is 5.11 Å². The first-order valence-corrected chi connectivity index (χ1v) is 12.7. The molecule has 2 nitrogen and oxygen atoms in total. The number of rotatable bonds is 8. The molecule has 0 aromatic heterocycles. The van der Waals surface area contributed by atoms with Crippen LogP contribution in [0.5, 0.6) is 11.5 Å². The SMILES string of the molecule is C=CCc1cc(C[P+](c2ccccc2)(c2ccccc2)c2ccccc2)c(O)c(OC)c1.[Cl-]. The largest absolute Gasteiger partial charge is 1.00 e. The average Bonchev–Trinajstić information content (AvgIpc) is 2.86. The van der Waals surface area contributed by atoms with E-state index in [0.717, 1.165) is 17.5 Å². The summed E-state index contributed by atoms with van der Waals surface area (Å²) in [6, 6.07) is 36.1. The Labute approximate surface area is 203 Å². The van der Waals surface area contributed by atoms with Gasteiger partial charge in [-0.15, -0.1) is 6.58 Å². The Kier molecular flexibility index (Phi) is 8.33. The molecule has 4 aromatic rings. The highest BCUT2D eigenvalue weighted by atomic mass is 35.5. The molecule has 0 aliphatic carbocycles. The molecule has 0 spiro atoms. The van der Waals surface area contributed by atoms with E-state index in [-0.39, 0.29) is 18.2 Å². The monoisotopic (exact) mass is 474 g/mol. The molecule has 0 aliphatic rings. The maximum Gasteiger partial charge on any atom is 0.164 e. The Morgan fingerprint density at radius 1 is 0.788 bits per heavy atom.